The van der Waals surface area contributed by atoms with Gasteiger partial charge in [-0.05, 0) is 76.3 Å². The number of allylic oxidation sites excluding steroid dienone is 8. The van der Waals surface area contributed by atoms with E-state index in [1.807, 2.05) is 0 Å². The van der Waals surface area contributed by atoms with Crippen LogP contribution in [0.1, 0.15) is 27.7 Å². The van der Waals surface area contributed by atoms with Crippen molar-refractivity contribution in [3.63, 3.8) is 0 Å². The molecule has 4 aliphatic heterocycles. The van der Waals surface area contributed by atoms with Gasteiger partial charge in [0, 0.05) is 72.1 Å². The molecule has 0 atom stereocenters. The third-order valence-corrected chi connectivity index (χ3v) is 8.34. The van der Waals surface area contributed by atoms with Gasteiger partial charge in [0.2, 0.25) is 0 Å². The number of nitrogens with one attached hydrogen (secondary N) is 2. The number of fused-ring (bicyclic) bond motifs is 6. The summed E-state index contributed by atoms with van der Waals surface area (Å²) in [4.78, 5) is 4.65. The van der Waals surface area contributed by atoms with Crippen molar-refractivity contribution in [3.8, 4) is 0 Å². The molecule has 4 aliphatic rings. The van der Waals surface area contributed by atoms with Gasteiger partial charge in [-0.2, -0.15) is 0 Å². The first-order valence-corrected chi connectivity index (χ1v) is 15.1. The minimum atomic E-state index is 0. The molecule has 0 aliphatic carbocycles. The van der Waals surface area contributed by atoms with Gasteiger partial charge in [0.1, 0.15) is 0 Å². The smallest absolute Gasteiger partial charge is 0.0773 e. The van der Waals surface area contributed by atoms with E-state index in [1.54, 1.807) is 0 Å². The van der Waals surface area contributed by atoms with Crippen LogP contribution in [-0.2, 0) is 17.1 Å². The van der Waals surface area contributed by atoms with Gasteiger partial charge in [-0.15, -0.1) is 0 Å². The Balaban J connectivity index is 0.000000155. The molecule has 0 bridgehead atoms. The molecule has 0 amide bonds. The van der Waals surface area contributed by atoms with Crippen molar-refractivity contribution in [2.45, 2.75) is 27.7 Å². The van der Waals surface area contributed by atoms with Crippen molar-refractivity contribution >= 4 is 58.4 Å². The Labute approximate surface area is 275 Å². The summed E-state index contributed by atoms with van der Waals surface area (Å²) >= 11 is 0. The van der Waals surface area contributed by atoms with E-state index < -0.39 is 0 Å². The zero-order valence-corrected chi connectivity index (χ0v) is 26.8. The number of hydrogen-bond donors (Lipinski definition) is 2. The monoisotopic (exact) mass is 635 g/mol. The maximum Gasteiger partial charge on any atom is 0.0773 e. The third-order valence-electron chi connectivity index (χ3n) is 8.34. The van der Waals surface area contributed by atoms with E-state index in [0.29, 0.717) is 0 Å². The maximum atomic E-state index is 3.55. The molecule has 0 unspecified atom stereocenters. The molecule has 4 nitrogen and oxygen atoms in total. The Hall–Kier alpha value is -4.96. The van der Waals surface area contributed by atoms with Crippen LogP contribution in [0.4, 0.5) is 34.1 Å². The van der Waals surface area contributed by atoms with E-state index in [4.69, 9.17) is 0 Å². The van der Waals surface area contributed by atoms with Crippen LogP contribution in [0, 0.1) is 0 Å². The molecule has 45 heavy (non-hydrogen) atoms. The van der Waals surface area contributed by atoms with Gasteiger partial charge in [0.15, 0.2) is 0 Å². The number of para-hydroxylation sites is 2. The zero-order valence-electron chi connectivity index (χ0n) is 25.9. The second-order valence-electron chi connectivity index (χ2n) is 11.5. The Morgan fingerprint density at radius 2 is 0.756 bits per heavy atom. The summed E-state index contributed by atoms with van der Waals surface area (Å²) in [5, 5.41) is 12.0. The Bertz CT molecular complexity index is 2000. The van der Waals surface area contributed by atoms with Crippen molar-refractivity contribution in [1.82, 2.24) is 0 Å². The van der Waals surface area contributed by atoms with Crippen molar-refractivity contribution in [2.75, 3.05) is 20.4 Å². The first-order valence-electron chi connectivity index (χ1n) is 15.1. The summed E-state index contributed by atoms with van der Waals surface area (Å²) in [5.74, 6) is 0. The van der Waals surface area contributed by atoms with Crippen LogP contribution in [0.25, 0.3) is 24.3 Å². The normalized spacial score (nSPS) is 15.1. The van der Waals surface area contributed by atoms with Crippen LogP contribution >= 0.6 is 0 Å². The SMILES string of the molecule is CC1=CC=c2ccc3c(c2N1)N(c1ccccc1)C(C)=CC=3.CC1=CC=c2ccc3c(c2N1)N(c1ccccc1)C(C)=CC=3.[Cu]. The fourth-order valence-electron chi connectivity index (χ4n) is 6.19. The second kappa shape index (κ2) is 12.6. The first-order chi connectivity index (χ1) is 21.5. The quantitative estimate of drug-likeness (QED) is 0.227. The van der Waals surface area contributed by atoms with Gasteiger partial charge in [-0.25, -0.2) is 0 Å². The van der Waals surface area contributed by atoms with Crippen LogP contribution in [-0.4, -0.2) is 0 Å². The number of nitrogens with zero attached hydrogens (tertiary/aromatic N) is 2. The minimum absolute atomic E-state index is 0. The molecule has 0 spiro atoms. The predicted molar refractivity (Wildman–Crippen MR) is 189 cm³/mol. The number of anilines is 6. The average molecular weight is 636 g/mol. The summed E-state index contributed by atoms with van der Waals surface area (Å²) in [7, 11) is 0. The van der Waals surface area contributed by atoms with Crippen molar-refractivity contribution in [1.29, 1.82) is 0 Å². The van der Waals surface area contributed by atoms with E-state index in [-0.39, 0.29) is 17.1 Å². The van der Waals surface area contributed by atoms with Crippen LogP contribution in [0.3, 0.4) is 0 Å². The Morgan fingerprint density at radius 1 is 0.400 bits per heavy atom. The van der Waals surface area contributed by atoms with E-state index in [9.17, 15) is 0 Å². The van der Waals surface area contributed by atoms with E-state index in [0.717, 1.165) is 0 Å². The molecule has 4 aromatic carbocycles. The molecule has 0 fully saturated rings. The van der Waals surface area contributed by atoms with E-state index in [1.165, 1.54) is 77.8 Å². The van der Waals surface area contributed by atoms with Gasteiger partial charge in [-0.3, -0.25) is 0 Å². The number of hydrogen-bond acceptors (Lipinski definition) is 4. The standard InChI is InChI=1S/2C20H18N2.Cu/c2*1-14-8-10-16-12-13-17-11-9-15(2)22(20(17)19(16)21-14)18-6-4-3-5-7-18;/h2*3-13,21H,1-2H3;. The first kappa shape index (κ1) is 30.1. The van der Waals surface area contributed by atoms with Crippen LogP contribution in [0.15, 0.2) is 132 Å². The van der Waals surface area contributed by atoms with Crippen LogP contribution in [0.2, 0.25) is 0 Å². The third kappa shape index (κ3) is 5.69. The summed E-state index contributed by atoms with van der Waals surface area (Å²) in [6.07, 6.45) is 17.3. The van der Waals surface area contributed by atoms with Gasteiger partial charge < -0.3 is 20.4 Å². The largest absolute Gasteiger partial charge is 0.357 e. The van der Waals surface area contributed by atoms with Crippen molar-refractivity contribution in [3.05, 3.63) is 153 Å². The fourth-order valence-corrected chi connectivity index (χ4v) is 6.19. The van der Waals surface area contributed by atoms with E-state index >= 15 is 0 Å². The molecule has 0 saturated heterocycles. The Kier molecular flexibility index (Phi) is 8.40. The van der Waals surface area contributed by atoms with Crippen LogP contribution in [0.5, 0.6) is 0 Å². The molecule has 5 heteroatoms. The van der Waals surface area contributed by atoms with Gasteiger partial charge >= 0.3 is 0 Å². The molecule has 2 N–H and O–H groups in total. The summed E-state index contributed by atoms with van der Waals surface area (Å²) in [6.45, 7) is 8.50. The minimum Gasteiger partial charge on any atom is -0.357 e. The molecular formula is C40H36CuN4. The maximum absolute atomic E-state index is 3.55. The number of rotatable bonds is 2. The van der Waals surface area contributed by atoms with Crippen molar-refractivity contribution < 1.29 is 17.1 Å². The molecular weight excluding hydrogens is 600 g/mol. The Morgan fingerprint density at radius 3 is 1.16 bits per heavy atom. The molecule has 4 heterocycles. The molecule has 227 valence electrons. The van der Waals surface area contributed by atoms with Gasteiger partial charge in [0.25, 0.3) is 0 Å². The summed E-state index contributed by atoms with van der Waals surface area (Å²) < 4.78 is 0. The molecule has 8 rings (SSSR count). The average Bonchev–Trinajstić information content (AvgIpc) is 3.05. The summed E-state index contributed by atoms with van der Waals surface area (Å²) in [5.41, 5.74) is 12.0. The number of benzene rings is 4. The predicted octanol–water partition coefficient (Wildman–Crippen LogP) is 7.26. The van der Waals surface area contributed by atoms with Crippen molar-refractivity contribution in [2.24, 2.45) is 0 Å². The van der Waals surface area contributed by atoms with Gasteiger partial charge in [-0.1, -0.05) is 85.0 Å². The van der Waals surface area contributed by atoms with Crippen LogP contribution < -0.4 is 41.3 Å². The molecule has 4 aromatic rings. The second-order valence-corrected chi connectivity index (χ2v) is 11.5. The molecule has 1 radical (unpaired) electrons. The molecule has 0 aromatic heterocycles. The van der Waals surface area contributed by atoms with E-state index in [2.05, 4.69) is 182 Å². The fraction of sp³-hybridized carbons (Fsp3) is 0.100. The van der Waals surface area contributed by atoms with Gasteiger partial charge in [0.05, 0.1) is 22.7 Å². The zero-order chi connectivity index (χ0) is 30.2. The summed E-state index contributed by atoms with van der Waals surface area (Å²) in [6, 6.07) is 29.8. The molecule has 0 saturated carbocycles. The topological polar surface area (TPSA) is 30.5 Å².